The number of nitrogens with zero attached hydrogens (tertiary/aromatic N) is 1. The van der Waals surface area contributed by atoms with Gasteiger partial charge in [0.05, 0.1) is 0 Å². The van der Waals surface area contributed by atoms with E-state index in [9.17, 15) is 4.39 Å². The van der Waals surface area contributed by atoms with Crippen molar-refractivity contribution in [3.8, 4) is 11.5 Å². The highest BCUT2D eigenvalue weighted by Gasteiger charge is 2.12. The van der Waals surface area contributed by atoms with Crippen molar-refractivity contribution in [1.82, 2.24) is 4.98 Å². The van der Waals surface area contributed by atoms with Crippen LogP contribution >= 0.6 is 0 Å². The third-order valence-corrected chi connectivity index (χ3v) is 3.00. The van der Waals surface area contributed by atoms with Crippen LogP contribution in [0, 0.1) is 26.6 Å². The van der Waals surface area contributed by atoms with E-state index >= 15 is 0 Å². The fourth-order valence-corrected chi connectivity index (χ4v) is 1.98. The van der Waals surface area contributed by atoms with E-state index in [2.05, 4.69) is 4.98 Å². The van der Waals surface area contributed by atoms with Crippen LogP contribution in [0.1, 0.15) is 22.5 Å². The average Bonchev–Trinajstić information content (AvgIpc) is 2.34. The summed E-state index contributed by atoms with van der Waals surface area (Å²) in [6.45, 7) is 5.75. The van der Waals surface area contributed by atoms with Gasteiger partial charge in [-0.1, -0.05) is 12.1 Å². The summed E-state index contributed by atoms with van der Waals surface area (Å²) >= 11 is 0. The van der Waals surface area contributed by atoms with Crippen LogP contribution in [0.4, 0.5) is 4.39 Å². The van der Waals surface area contributed by atoms with Crippen LogP contribution in [0.15, 0.2) is 24.3 Å². The van der Waals surface area contributed by atoms with Crippen molar-refractivity contribution in [1.29, 1.82) is 0 Å². The molecular weight excluding hydrogens is 243 g/mol. The number of aromatic nitrogens is 1. The van der Waals surface area contributed by atoms with E-state index in [1.165, 1.54) is 0 Å². The second-order valence-corrected chi connectivity index (χ2v) is 4.52. The Morgan fingerprint density at radius 2 is 1.95 bits per heavy atom. The molecule has 0 aliphatic carbocycles. The lowest BCUT2D eigenvalue weighted by molar-refractivity contribution is 0.434. The number of benzene rings is 1. The Balaban J connectivity index is 2.46. The Kier molecular flexibility index (Phi) is 3.81. The van der Waals surface area contributed by atoms with Gasteiger partial charge < -0.3 is 10.5 Å². The third-order valence-electron chi connectivity index (χ3n) is 3.00. The molecule has 0 aliphatic heterocycles. The van der Waals surface area contributed by atoms with Crippen LogP contribution in [0.5, 0.6) is 11.5 Å². The van der Waals surface area contributed by atoms with Gasteiger partial charge in [0.2, 0.25) is 0 Å². The fraction of sp³-hybridized carbons (Fsp3) is 0.267. The SMILES string of the molecule is Cc1cc(Oc2cccc(C)c2F)c(CN)c(C)n1. The molecule has 0 fully saturated rings. The van der Waals surface area contributed by atoms with Gasteiger partial charge in [-0.25, -0.2) is 4.39 Å². The molecule has 2 rings (SSSR count). The standard InChI is InChI=1S/C15H17FN2O/c1-9-5-4-6-13(15(9)16)19-14-7-10(2)18-11(3)12(14)8-17/h4-7H,8,17H2,1-3H3. The normalized spacial score (nSPS) is 10.6. The van der Waals surface area contributed by atoms with Crippen molar-refractivity contribution < 1.29 is 9.13 Å². The van der Waals surface area contributed by atoms with Crippen molar-refractivity contribution >= 4 is 0 Å². The first kappa shape index (κ1) is 13.5. The number of hydrogen-bond acceptors (Lipinski definition) is 3. The highest BCUT2D eigenvalue weighted by Crippen LogP contribution is 2.30. The van der Waals surface area contributed by atoms with Crippen molar-refractivity contribution in [2.24, 2.45) is 5.73 Å². The molecule has 4 heteroatoms. The molecule has 0 aliphatic rings. The summed E-state index contributed by atoms with van der Waals surface area (Å²) in [7, 11) is 0. The van der Waals surface area contributed by atoms with Gasteiger partial charge in [0, 0.05) is 29.6 Å². The van der Waals surface area contributed by atoms with E-state index in [4.69, 9.17) is 10.5 Å². The fourth-order valence-electron chi connectivity index (χ4n) is 1.98. The maximum absolute atomic E-state index is 14.0. The van der Waals surface area contributed by atoms with E-state index in [1.54, 1.807) is 31.2 Å². The zero-order valence-electron chi connectivity index (χ0n) is 11.3. The predicted molar refractivity (Wildman–Crippen MR) is 72.8 cm³/mol. The van der Waals surface area contributed by atoms with Gasteiger partial charge in [0.15, 0.2) is 11.6 Å². The number of nitrogens with two attached hydrogens (primary N) is 1. The molecule has 0 saturated carbocycles. The summed E-state index contributed by atoms with van der Waals surface area (Å²) in [5, 5.41) is 0. The molecule has 0 bridgehead atoms. The minimum absolute atomic E-state index is 0.208. The first-order chi connectivity index (χ1) is 9.02. The van der Waals surface area contributed by atoms with Crippen LogP contribution in [0.2, 0.25) is 0 Å². The third kappa shape index (κ3) is 2.74. The summed E-state index contributed by atoms with van der Waals surface area (Å²) in [5.41, 5.74) is 8.69. The van der Waals surface area contributed by atoms with Crippen molar-refractivity contribution in [2.45, 2.75) is 27.3 Å². The van der Waals surface area contributed by atoms with Gasteiger partial charge in [0.25, 0.3) is 0 Å². The molecule has 1 aromatic heterocycles. The summed E-state index contributed by atoms with van der Waals surface area (Å²) in [5.74, 6) is 0.425. The van der Waals surface area contributed by atoms with Gasteiger partial charge in [-0.15, -0.1) is 0 Å². The van der Waals surface area contributed by atoms with Gasteiger partial charge in [-0.2, -0.15) is 0 Å². The van der Waals surface area contributed by atoms with E-state index < -0.39 is 0 Å². The molecule has 2 N–H and O–H groups in total. The zero-order valence-corrected chi connectivity index (χ0v) is 11.3. The Hall–Kier alpha value is -1.94. The Labute approximate surface area is 112 Å². The second-order valence-electron chi connectivity index (χ2n) is 4.52. The molecule has 19 heavy (non-hydrogen) atoms. The number of aryl methyl sites for hydroxylation is 3. The predicted octanol–water partition coefficient (Wildman–Crippen LogP) is 3.40. The Bertz CT molecular complexity index is 611. The smallest absolute Gasteiger partial charge is 0.168 e. The van der Waals surface area contributed by atoms with Crippen LogP contribution < -0.4 is 10.5 Å². The van der Waals surface area contributed by atoms with E-state index in [-0.39, 0.29) is 11.6 Å². The molecule has 100 valence electrons. The summed E-state index contributed by atoms with van der Waals surface area (Å²) in [4.78, 5) is 4.33. The number of ether oxygens (including phenoxy) is 1. The maximum Gasteiger partial charge on any atom is 0.168 e. The van der Waals surface area contributed by atoms with Crippen LogP contribution in [0.25, 0.3) is 0 Å². The molecule has 0 radical (unpaired) electrons. The summed E-state index contributed by atoms with van der Waals surface area (Å²) in [6, 6.07) is 6.84. The molecule has 0 atom stereocenters. The van der Waals surface area contributed by atoms with E-state index in [0.717, 1.165) is 17.0 Å². The largest absolute Gasteiger partial charge is 0.454 e. The lowest BCUT2D eigenvalue weighted by Gasteiger charge is -2.14. The highest BCUT2D eigenvalue weighted by molar-refractivity contribution is 5.42. The number of hydrogen-bond donors (Lipinski definition) is 1. The first-order valence-electron chi connectivity index (χ1n) is 6.13. The quantitative estimate of drug-likeness (QED) is 0.920. The van der Waals surface area contributed by atoms with Crippen molar-refractivity contribution in [3.05, 3.63) is 52.6 Å². The van der Waals surface area contributed by atoms with Crippen LogP contribution in [-0.4, -0.2) is 4.98 Å². The average molecular weight is 260 g/mol. The van der Waals surface area contributed by atoms with Crippen LogP contribution in [-0.2, 0) is 6.54 Å². The lowest BCUT2D eigenvalue weighted by atomic mass is 10.1. The monoisotopic (exact) mass is 260 g/mol. The number of halogens is 1. The Morgan fingerprint density at radius 1 is 1.21 bits per heavy atom. The summed E-state index contributed by atoms with van der Waals surface area (Å²) in [6.07, 6.45) is 0. The zero-order chi connectivity index (χ0) is 14.0. The van der Waals surface area contributed by atoms with E-state index in [0.29, 0.717) is 17.9 Å². The van der Waals surface area contributed by atoms with Gasteiger partial charge in [0.1, 0.15) is 5.75 Å². The Morgan fingerprint density at radius 3 is 2.63 bits per heavy atom. The molecule has 1 heterocycles. The second kappa shape index (κ2) is 5.36. The topological polar surface area (TPSA) is 48.1 Å². The molecule has 3 nitrogen and oxygen atoms in total. The minimum atomic E-state index is -0.349. The minimum Gasteiger partial charge on any atom is -0.454 e. The molecule has 0 spiro atoms. The van der Waals surface area contributed by atoms with Crippen molar-refractivity contribution in [3.63, 3.8) is 0 Å². The molecule has 2 aromatic rings. The molecule has 0 amide bonds. The molecule has 1 aromatic carbocycles. The van der Waals surface area contributed by atoms with E-state index in [1.807, 2.05) is 13.8 Å². The lowest BCUT2D eigenvalue weighted by Crippen LogP contribution is -2.05. The van der Waals surface area contributed by atoms with Gasteiger partial charge in [-0.05, 0) is 32.4 Å². The number of pyridine rings is 1. The van der Waals surface area contributed by atoms with Crippen molar-refractivity contribution in [2.75, 3.05) is 0 Å². The van der Waals surface area contributed by atoms with Gasteiger partial charge >= 0.3 is 0 Å². The molecule has 0 unspecified atom stereocenters. The molecular formula is C15H17FN2O. The summed E-state index contributed by atoms with van der Waals surface area (Å²) < 4.78 is 19.6. The molecule has 0 saturated heterocycles. The highest BCUT2D eigenvalue weighted by atomic mass is 19.1. The maximum atomic E-state index is 14.0. The first-order valence-corrected chi connectivity index (χ1v) is 6.13. The number of rotatable bonds is 3. The van der Waals surface area contributed by atoms with Crippen LogP contribution in [0.3, 0.4) is 0 Å². The van der Waals surface area contributed by atoms with Gasteiger partial charge in [-0.3, -0.25) is 4.98 Å².